The van der Waals surface area contributed by atoms with Crippen LogP contribution in [0.1, 0.15) is 37.9 Å². The van der Waals surface area contributed by atoms with E-state index in [1.54, 1.807) is 0 Å². The standard InChI is InChI=1S/C18H24N2O2/c1-12(2)18(10-8-16(21)22-3)17-14(9-11-19-18)13-6-4-5-7-15(13)20-17/h4-7,12,19-20H,8-11H2,1-3H3. The first-order valence-corrected chi connectivity index (χ1v) is 8.00. The van der Waals surface area contributed by atoms with Gasteiger partial charge in [0.1, 0.15) is 0 Å². The lowest BCUT2D eigenvalue weighted by molar-refractivity contribution is -0.141. The van der Waals surface area contributed by atoms with E-state index in [1.807, 2.05) is 0 Å². The highest BCUT2D eigenvalue weighted by Crippen LogP contribution is 2.41. The average Bonchev–Trinajstić information content (AvgIpc) is 2.91. The molecule has 0 spiro atoms. The van der Waals surface area contributed by atoms with E-state index >= 15 is 0 Å². The topological polar surface area (TPSA) is 54.1 Å². The number of benzene rings is 1. The molecule has 1 aromatic carbocycles. The van der Waals surface area contributed by atoms with Gasteiger partial charge in [0.15, 0.2) is 0 Å². The molecule has 2 heterocycles. The Labute approximate surface area is 131 Å². The van der Waals surface area contributed by atoms with Crippen molar-refractivity contribution in [1.29, 1.82) is 0 Å². The second kappa shape index (κ2) is 5.76. The molecule has 0 fully saturated rings. The summed E-state index contributed by atoms with van der Waals surface area (Å²) < 4.78 is 4.84. The van der Waals surface area contributed by atoms with Crippen LogP contribution in [0.4, 0.5) is 0 Å². The number of aromatic nitrogens is 1. The Bertz CT molecular complexity index is 689. The van der Waals surface area contributed by atoms with E-state index in [0.717, 1.165) is 19.4 Å². The largest absolute Gasteiger partial charge is 0.469 e. The molecule has 1 aliphatic heterocycles. The van der Waals surface area contributed by atoms with Crippen molar-refractivity contribution in [2.24, 2.45) is 5.92 Å². The van der Waals surface area contributed by atoms with Crippen LogP contribution in [0.2, 0.25) is 0 Å². The zero-order valence-corrected chi connectivity index (χ0v) is 13.5. The summed E-state index contributed by atoms with van der Waals surface area (Å²) in [4.78, 5) is 15.3. The molecule has 1 aromatic heterocycles. The van der Waals surface area contributed by atoms with Gasteiger partial charge in [0.2, 0.25) is 0 Å². The number of ether oxygens (including phenoxy) is 1. The van der Waals surface area contributed by atoms with Gasteiger partial charge in [0.25, 0.3) is 0 Å². The quantitative estimate of drug-likeness (QED) is 0.853. The fourth-order valence-corrected chi connectivity index (χ4v) is 3.74. The Morgan fingerprint density at radius 3 is 2.86 bits per heavy atom. The van der Waals surface area contributed by atoms with Crippen LogP contribution < -0.4 is 5.32 Å². The molecule has 0 aliphatic carbocycles. The normalized spacial score (nSPS) is 21.1. The maximum atomic E-state index is 11.6. The third kappa shape index (κ3) is 2.31. The molecule has 0 saturated heterocycles. The molecule has 4 heteroatoms. The fourth-order valence-electron chi connectivity index (χ4n) is 3.74. The van der Waals surface area contributed by atoms with Gasteiger partial charge in [-0.3, -0.25) is 4.79 Å². The average molecular weight is 300 g/mol. The number of methoxy groups -OCH3 is 1. The van der Waals surface area contributed by atoms with Crippen molar-refractivity contribution in [3.8, 4) is 0 Å². The van der Waals surface area contributed by atoms with E-state index in [1.165, 1.54) is 29.3 Å². The van der Waals surface area contributed by atoms with E-state index in [-0.39, 0.29) is 11.5 Å². The van der Waals surface area contributed by atoms with Crippen molar-refractivity contribution < 1.29 is 9.53 Å². The Hall–Kier alpha value is -1.81. The first-order chi connectivity index (χ1) is 10.6. The summed E-state index contributed by atoms with van der Waals surface area (Å²) in [6, 6.07) is 8.45. The van der Waals surface area contributed by atoms with Crippen LogP contribution >= 0.6 is 0 Å². The highest BCUT2D eigenvalue weighted by atomic mass is 16.5. The molecule has 3 rings (SSSR count). The number of hydrogen-bond donors (Lipinski definition) is 2. The molecule has 0 bridgehead atoms. The first kappa shape index (κ1) is 15.1. The summed E-state index contributed by atoms with van der Waals surface area (Å²) in [5, 5.41) is 5.00. The third-order valence-corrected chi connectivity index (χ3v) is 5.01. The Balaban J connectivity index is 2.07. The summed E-state index contributed by atoms with van der Waals surface area (Å²) in [5.74, 6) is 0.231. The Kier molecular flexibility index (Phi) is 3.96. The maximum absolute atomic E-state index is 11.6. The van der Waals surface area contributed by atoms with Gasteiger partial charge < -0.3 is 15.0 Å². The second-order valence-electron chi connectivity index (χ2n) is 6.40. The minimum absolute atomic E-state index is 0.148. The number of hydrogen-bond acceptors (Lipinski definition) is 3. The highest BCUT2D eigenvalue weighted by Gasteiger charge is 2.41. The fraction of sp³-hybridized carbons (Fsp3) is 0.500. The summed E-state index contributed by atoms with van der Waals surface area (Å²) in [6.07, 6.45) is 2.19. The lowest BCUT2D eigenvalue weighted by atomic mass is 9.75. The van der Waals surface area contributed by atoms with Crippen molar-refractivity contribution in [3.05, 3.63) is 35.5 Å². The van der Waals surface area contributed by atoms with E-state index in [0.29, 0.717) is 12.3 Å². The minimum Gasteiger partial charge on any atom is -0.469 e. The third-order valence-electron chi connectivity index (χ3n) is 5.01. The zero-order chi connectivity index (χ0) is 15.7. The predicted molar refractivity (Wildman–Crippen MR) is 87.8 cm³/mol. The van der Waals surface area contributed by atoms with Gasteiger partial charge in [0.05, 0.1) is 12.6 Å². The summed E-state index contributed by atoms with van der Waals surface area (Å²) in [7, 11) is 1.45. The summed E-state index contributed by atoms with van der Waals surface area (Å²) in [6.45, 7) is 5.37. The van der Waals surface area contributed by atoms with Crippen LogP contribution in [0.3, 0.4) is 0 Å². The number of carbonyl (C=O) groups is 1. The molecular formula is C18H24N2O2. The van der Waals surface area contributed by atoms with Crippen LogP contribution in [0.15, 0.2) is 24.3 Å². The Morgan fingerprint density at radius 2 is 2.14 bits per heavy atom. The molecule has 22 heavy (non-hydrogen) atoms. The number of H-pyrrole nitrogens is 1. The van der Waals surface area contributed by atoms with Crippen molar-refractivity contribution in [3.63, 3.8) is 0 Å². The van der Waals surface area contributed by atoms with Gasteiger partial charge in [-0.25, -0.2) is 0 Å². The number of para-hydroxylation sites is 1. The van der Waals surface area contributed by atoms with E-state index in [9.17, 15) is 4.79 Å². The van der Waals surface area contributed by atoms with Gasteiger partial charge in [-0.15, -0.1) is 0 Å². The van der Waals surface area contributed by atoms with Crippen LogP contribution in [0, 0.1) is 5.92 Å². The molecule has 2 aromatic rings. The minimum atomic E-state index is -0.194. The molecule has 0 radical (unpaired) electrons. The van der Waals surface area contributed by atoms with Crippen molar-refractivity contribution in [1.82, 2.24) is 10.3 Å². The molecule has 118 valence electrons. The molecule has 1 aliphatic rings. The lowest BCUT2D eigenvalue weighted by Gasteiger charge is -2.42. The molecule has 0 saturated carbocycles. The van der Waals surface area contributed by atoms with Gasteiger partial charge in [-0.1, -0.05) is 32.0 Å². The molecule has 0 amide bonds. The van der Waals surface area contributed by atoms with Crippen molar-refractivity contribution in [2.45, 2.75) is 38.6 Å². The number of rotatable bonds is 4. The Morgan fingerprint density at radius 1 is 1.36 bits per heavy atom. The van der Waals surface area contributed by atoms with E-state index < -0.39 is 0 Å². The van der Waals surface area contributed by atoms with Crippen molar-refractivity contribution >= 4 is 16.9 Å². The monoisotopic (exact) mass is 300 g/mol. The van der Waals surface area contributed by atoms with E-state index in [2.05, 4.69) is 48.4 Å². The predicted octanol–water partition coefficient (Wildman–Crippen LogP) is 3.12. The number of fused-ring (bicyclic) bond motifs is 3. The molecule has 1 unspecified atom stereocenters. The number of nitrogens with one attached hydrogen (secondary N) is 2. The number of aromatic amines is 1. The van der Waals surface area contributed by atoms with Gasteiger partial charge in [-0.05, 0) is 30.4 Å². The highest BCUT2D eigenvalue weighted by molar-refractivity contribution is 5.85. The summed E-state index contributed by atoms with van der Waals surface area (Å²) >= 11 is 0. The molecule has 4 nitrogen and oxygen atoms in total. The SMILES string of the molecule is COC(=O)CCC1(C(C)C)NCCc2c1[nH]c1ccccc21. The molecular weight excluding hydrogens is 276 g/mol. The van der Waals surface area contributed by atoms with E-state index in [4.69, 9.17) is 4.74 Å². The summed E-state index contributed by atoms with van der Waals surface area (Å²) in [5.41, 5.74) is 3.63. The lowest BCUT2D eigenvalue weighted by Crippen LogP contribution is -2.51. The van der Waals surface area contributed by atoms with Gasteiger partial charge in [0, 0.05) is 29.6 Å². The van der Waals surface area contributed by atoms with Crippen LogP contribution in [0.5, 0.6) is 0 Å². The second-order valence-corrected chi connectivity index (χ2v) is 6.40. The molecule has 2 N–H and O–H groups in total. The van der Waals surface area contributed by atoms with Crippen molar-refractivity contribution in [2.75, 3.05) is 13.7 Å². The number of carbonyl (C=O) groups excluding carboxylic acids is 1. The number of esters is 1. The van der Waals surface area contributed by atoms with Crippen LogP contribution in [-0.2, 0) is 21.5 Å². The molecule has 1 atom stereocenters. The first-order valence-electron chi connectivity index (χ1n) is 8.00. The maximum Gasteiger partial charge on any atom is 0.305 e. The van der Waals surface area contributed by atoms with Gasteiger partial charge >= 0.3 is 5.97 Å². The smallest absolute Gasteiger partial charge is 0.305 e. The van der Waals surface area contributed by atoms with Gasteiger partial charge in [-0.2, -0.15) is 0 Å². The van der Waals surface area contributed by atoms with Crippen LogP contribution in [-0.4, -0.2) is 24.6 Å². The zero-order valence-electron chi connectivity index (χ0n) is 13.5. The van der Waals surface area contributed by atoms with Crippen LogP contribution in [0.25, 0.3) is 10.9 Å².